The average Bonchev–Trinajstić information content (AvgIpc) is 3.08. The highest BCUT2D eigenvalue weighted by Crippen LogP contribution is 2.35. The normalized spacial score (nSPS) is 14.7. The van der Waals surface area contributed by atoms with Crippen molar-refractivity contribution in [3.63, 3.8) is 0 Å². The van der Waals surface area contributed by atoms with Crippen molar-refractivity contribution < 1.29 is 18.3 Å². The summed E-state index contributed by atoms with van der Waals surface area (Å²) in [5.74, 6) is 0.768. The van der Waals surface area contributed by atoms with E-state index >= 15 is 8.78 Å². The van der Waals surface area contributed by atoms with Gasteiger partial charge in [-0.05, 0) is 84.3 Å². The van der Waals surface area contributed by atoms with E-state index < -0.39 is 11.6 Å². The van der Waals surface area contributed by atoms with Crippen LogP contribution in [0.3, 0.4) is 0 Å². The van der Waals surface area contributed by atoms with E-state index in [1.54, 1.807) is 31.3 Å². The van der Waals surface area contributed by atoms with Crippen LogP contribution >= 0.6 is 12.8 Å². The van der Waals surface area contributed by atoms with E-state index in [1.165, 1.54) is 12.1 Å². The van der Waals surface area contributed by atoms with Crippen LogP contribution in [-0.4, -0.2) is 31.7 Å². The Morgan fingerprint density at radius 1 is 0.587 bits per heavy atom. The second kappa shape index (κ2) is 15.7. The smallest absolute Gasteiger partial charge is 0.131 e. The summed E-state index contributed by atoms with van der Waals surface area (Å²) in [5, 5.41) is 0. The molecule has 4 aromatic rings. The lowest BCUT2D eigenvalue weighted by molar-refractivity contribution is 0.309. The Labute approximate surface area is 275 Å². The van der Waals surface area contributed by atoms with Gasteiger partial charge in [0.15, 0.2) is 0 Å². The zero-order valence-electron chi connectivity index (χ0n) is 26.4. The maximum atomic E-state index is 15.7. The van der Waals surface area contributed by atoms with Crippen LogP contribution in [0.15, 0.2) is 106 Å². The van der Waals surface area contributed by atoms with Crippen molar-refractivity contribution in [2.75, 3.05) is 20.3 Å². The first kappa shape index (κ1) is 32.9. The molecule has 1 aliphatic carbocycles. The molecule has 0 bridgehead atoms. The summed E-state index contributed by atoms with van der Waals surface area (Å²) < 4.78 is 47.0. The molecule has 0 atom stereocenters. The fourth-order valence-electron chi connectivity index (χ4n) is 5.32. The summed E-state index contributed by atoms with van der Waals surface area (Å²) in [4.78, 5) is 4.44. The molecule has 0 heterocycles. The number of benzene rings is 4. The van der Waals surface area contributed by atoms with E-state index in [-0.39, 0.29) is 0 Å². The van der Waals surface area contributed by atoms with E-state index in [0.29, 0.717) is 46.9 Å². The van der Waals surface area contributed by atoms with E-state index in [1.807, 2.05) is 60.7 Å². The number of rotatable bonds is 12. The first-order chi connectivity index (χ1) is 22.5. The van der Waals surface area contributed by atoms with E-state index in [9.17, 15) is 0 Å². The average molecular weight is 637 g/mol. The summed E-state index contributed by atoms with van der Waals surface area (Å²) in [5.41, 5.74) is 5.81. The van der Waals surface area contributed by atoms with Crippen molar-refractivity contribution >= 4 is 35.4 Å². The van der Waals surface area contributed by atoms with Gasteiger partial charge in [-0.15, -0.1) is 0 Å². The second-order valence-corrected chi connectivity index (χ2v) is 11.2. The van der Waals surface area contributed by atoms with Crippen molar-refractivity contribution in [3.8, 4) is 33.8 Å². The lowest BCUT2D eigenvalue weighted by Gasteiger charge is -2.21. The lowest BCUT2D eigenvalue weighted by Crippen LogP contribution is -2.21. The van der Waals surface area contributed by atoms with Crippen molar-refractivity contribution in [2.24, 2.45) is 9.39 Å². The minimum Gasteiger partial charge on any atom is -0.494 e. The molecule has 0 spiro atoms. The minimum absolute atomic E-state index is 0.352. The minimum atomic E-state index is -0.411. The van der Waals surface area contributed by atoms with Gasteiger partial charge in [0.25, 0.3) is 0 Å². The van der Waals surface area contributed by atoms with Crippen LogP contribution in [-0.2, 0) is 0 Å². The molecule has 236 valence electrons. The number of halogens is 2. The number of hydrogen-bond acceptors (Lipinski definition) is 5. The van der Waals surface area contributed by atoms with Gasteiger partial charge >= 0.3 is 0 Å². The summed E-state index contributed by atoms with van der Waals surface area (Å²) in [6.45, 7) is 5.58. The number of hydrogen-bond donors (Lipinski definition) is 1. The summed E-state index contributed by atoms with van der Waals surface area (Å²) >= 11 is 4.22. The Bertz CT molecular complexity index is 1660. The highest BCUT2D eigenvalue weighted by atomic mass is 32.1. The molecule has 4 aromatic carbocycles. The number of nitrogens with zero attached hydrogens (tertiary/aromatic N) is 2. The Kier molecular flexibility index (Phi) is 11.2. The molecule has 4 nitrogen and oxygen atoms in total. The molecule has 0 N–H and O–H groups in total. The standard InChI is InChI=1S/C39H38F2N2O2S/c1-4-6-22-44-30-14-8-26(9-15-30)28-12-18-32(36(40)24-28)34-20-21-35(39(43-46)38(34)42-3)33-19-13-29(25-37(33)41)27-10-16-31(17-11-27)45-23-7-5-2/h8-21,24-25,46H,4-7,22-23H2,1-3H3/b42-38-,43-39-. The highest BCUT2D eigenvalue weighted by molar-refractivity contribution is 7.79. The number of allylic oxidation sites excluding steroid dienone is 4. The molecule has 0 amide bonds. The van der Waals surface area contributed by atoms with Crippen LogP contribution in [0.1, 0.15) is 50.7 Å². The summed E-state index contributed by atoms with van der Waals surface area (Å²) in [6.07, 6.45) is 7.62. The van der Waals surface area contributed by atoms with Crippen LogP contribution in [0.4, 0.5) is 8.78 Å². The topological polar surface area (TPSA) is 43.2 Å². The van der Waals surface area contributed by atoms with Gasteiger partial charge in [-0.2, -0.15) is 0 Å². The third-order valence-electron chi connectivity index (χ3n) is 7.90. The summed E-state index contributed by atoms with van der Waals surface area (Å²) in [7, 11) is 1.61. The molecule has 0 aliphatic heterocycles. The van der Waals surface area contributed by atoms with Gasteiger partial charge in [-0.25, -0.2) is 13.2 Å². The van der Waals surface area contributed by atoms with Gasteiger partial charge in [-0.1, -0.05) is 87.4 Å². The Morgan fingerprint density at radius 3 is 1.37 bits per heavy atom. The zero-order valence-corrected chi connectivity index (χ0v) is 27.3. The fourth-order valence-corrected chi connectivity index (χ4v) is 5.53. The van der Waals surface area contributed by atoms with Crippen molar-refractivity contribution in [1.29, 1.82) is 0 Å². The molecule has 0 saturated heterocycles. The Morgan fingerprint density at radius 2 is 1.00 bits per heavy atom. The SMILES string of the molecule is CCCCOc1ccc(-c2ccc(C3=CC=C(c4ccc(-c5ccc(OCCCC)cc5)cc4F)C(=N/S)/C3=N\C)c(F)c2)cc1. The maximum Gasteiger partial charge on any atom is 0.131 e. The van der Waals surface area contributed by atoms with Gasteiger partial charge in [0.2, 0.25) is 0 Å². The molecular weight excluding hydrogens is 599 g/mol. The largest absolute Gasteiger partial charge is 0.494 e. The number of unbranched alkanes of at least 4 members (excludes halogenated alkanes) is 2. The molecule has 0 unspecified atom stereocenters. The van der Waals surface area contributed by atoms with E-state index in [2.05, 4.69) is 36.1 Å². The molecule has 5 rings (SSSR count). The number of ether oxygens (including phenoxy) is 2. The van der Waals surface area contributed by atoms with Crippen LogP contribution in [0.5, 0.6) is 11.5 Å². The quantitative estimate of drug-likeness (QED) is 0.0955. The molecule has 1 aliphatic rings. The highest BCUT2D eigenvalue weighted by Gasteiger charge is 2.27. The van der Waals surface area contributed by atoms with Crippen molar-refractivity contribution in [3.05, 3.63) is 120 Å². The molecule has 0 aromatic heterocycles. The maximum absolute atomic E-state index is 15.7. The van der Waals surface area contributed by atoms with Gasteiger partial charge in [0.05, 0.1) is 18.9 Å². The van der Waals surface area contributed by atoms with Gasteiger partial charge in [0, 0.05) is 29.3 Å². The third-order valence-corrected chi connectivity index (χ3v) is 8.10. The number of aliphatic imine (C=N–C) groups is 1. The first-order valence-electron chi connectivity index (χ1n) is 15.7. The molecular formula is C39H38F2N2O2S. The predicted octanol–water partition coefficient (Wildman–Crippen LogP) is 10.5. The molecule has 0 radical (unpaired) electrons. The van der Waals surface area contributed by atoms with Crippen molar-refractivity contribution in [2.45, 2.75) is 39.5 Å². The van der Waals surface area contributed by atoms with Gasteiger partial charge in [-0.3, -0.25) is 4.99 Å². The van der Waals surface area contributed by atoms with Gasteiger partial charge < -0.3 is 9.47 Å². The molecule has 7 heteroatoms. The monoisotopic (exact) mass is 636 g/mol. The summed E-state index contributed by atoms with van der Waals surface area (Å²) in [6, 6.07) is 25.5. The predicted molar refractivity (Wildman–Crippen MR) is 190 cm³/mol. The van der Waals surface area contributed by atoms with Gasteiger partial charge in [0.1, 0.15) is 28.8 Å². The zero-order chi connectivity index (χ0) is 32.5. The molecule has 0 saturated carbocycles. The fraction of sp³-hybridized carbons (Fsp3) is 0.231. The van der Waals surface area contributed by atoms with Crippen LogP contribution in [0, 0.1) is 11.6 Å². The molecule has 0 fully saturated rings. The van der Waals surface area contributed by atoms with Crippen molar-refractivity contribution in [1.82, 2.24) is 0 Å². The third kappa shape index (κ3) is 7.48. The number of thiol groups is 1. The lowest BCUT2D eigenvalue weighted by atomic mass is 9.85. The Hall–Kier alpha value is -4.49. The van der Waals surface area contributed by atoms with Crippen LogP contribution in [0.2, 0.25) is 0 Å². The second-order valence-electron chi connectivity index (χ2n) is 11.0. The van der Waals surface area contributed by atoms with Crippen LogP contribution in [0.25, 0.3) is 33.4 Å². The van der Waals surface area contributed by atoms with E-state index in [4.69, 9.17) is 9.47 Å². The van der Waals surface area contributed by atoms with E-state index in [0.717, 1.165) is 59.4 Å². The van der Waals surface area contributed by atoms with Crippen LogP contribution < -0.4 is 9.47 Å². The first-order valence-corrected chi connectivity index (χ1v) is 16.1. The molecule has 46 heavy (non-hydrogen) atoms. The Balaban J connectivity index is 1.40.